The lowest BCUT2D eigenvalue weighted by Gasteiger charge is -2.02. The Morgan fingerprint density at radius 1 is 1.46 bits per heavy atom. The highest BCUT2D eigenvalue weighted by molar-refractivity contribution is 6.17. The van der Waals surface area contributed by atoms with E-state index in [9.17, 15) is 0 Å². The first kappa shape index (κ1) is 9.07. The number of alkyl halides is 1. The van der Waals surface area contributed by atoms with Crippen molar-refractivity contribution in [1.82, 2.24) is 9.78 Å². The second-order valence-corrected chi connectivity index (χ2v) is 4.18. The lowest BCUT2D eigenvalue weighted by Crippen LogP contribution is -2.04. The van der Waals surface area contributed by atoms with Crippen LogP contribution in [0.5, 0.6) is 0 Å². The molecule has 1 fully saturated rings. The van der Waals surface area contributed by atoms with Crippen LogP contribution in [0.15, 0.2) is 0 Å². The van der Waals surface area contributed by atoms with Gasteiger partial charge in [0.2, 0.25) is 0 Å². The van der Waals surface area contributed by atoms with Gasteiger partial charge in [-0.25, -0.2) is 0 Å². The molecule has 1 saturated carbocycles. The Hall–Kier alpha value is -0.500. The van der Waals surface area contributed by atoms with Gasteiger partial charge in [0.05, 0.1) is 11.6 Å². The van der Waals surface area contributed by atoms with E-state index in [-0.39, 0.29) is 0 Å². The normalized spacial score (nSPS) is 16.5. The van der Waals surface area contributed by atoms with E-state index in [1.54, 1.807) is 0 Å². The van der Waals surface area contributed by atoms with Crippen LogP contribution in [0.3, 0.4) is 0 Å². The summed E-state index contributed by atoms with van der Waals surface area (Å²) in [6.07, 6.45) is 2.74. The number of aryl methyl sites for hydroxylation is 1. The predicted molar refractivity (Wildman–Crippen MR) is 54.0 cm³/mol. The minimum atomic E-state index is 0.586. The number of hydrogen-bond donors (Lipinski definition) is 0. The second-order valence-electron chi connectivity index (χ2n) is 3.91. The molecule has 2 rings (SSSR count). The van der Waals surface area contributed by atoms with Gasteiger partial charge in [-0.1, -0.05) is 0 Å². The molecule has 3 heteroatoms. The summed E-state index contributed by atoms with van der Waals surface area (Å²) in [4.78, 5) is 0. The molecule has 0 aliphatic heterocycles. The van der Waals surface area contributed by atoms with Crippen molar-refractivity contribution < 1.29 is 0 Å². The Bertz CT molecular complexity index is 313. The molecule has 1 heterocycles. The van der Waals surface area contributed by atoms with Crippen molar-refractivity contribution in [3.8, 4) is 0 Å². The number of halogens is 1. The summed E-state index contributed by atoms with van der Waals surface area (Å²) in [6.45, 7) is 5.23. The van der Waals surface area contributed by atoms with Crippen LogP contribution in [0.2, 0.25) is 0 Å². The van der Waals surface area contributed by atoms with Gasteiger partial charge in [0.25, 0.3) is 0 Å². The van der Waals surface area contributed by atoms with Gasteiger partial charge in [-0.2, -0.15) is 5.10 Å². The van der Waals surface area contributed by atoms with Gasteiger partial charge >= 0.3 is 0 Å². The van der Waals surface area contributed by atoms with E-state index >= 15 is 0 Å². The minimum absolute atomic E-state index is 0.586. The quantitative estimate of drug-likeness (QED) is 0.683. The Balaban J connectivity index is 2.23. The molecule has 0 spiro atoms. The second kappa shape index (κ2) is 3.33. The van der Waals surface area contributed by atoms with Crippen molar-refractivity contribution >= 4 is 11.6 Å². The van der Waals surface area contributed by atoms with E-state index in [0.717, 1.165) is 18.2 Å². The Labute approximate surface area is 83.9 Å². The molecule has 2 nitrogen and oxygen atoms in total. The SMILES string of the molecule is Cc1nn(CC2CC2)c(C)c1CCl. The van der Waals surface area contributed by atoms with Crippen molar-refractivity contribution in [2.45, 2.75) is 39.1 Å². The zero-order valence-electron chi connectivity index (χ0n) is 8.18. The minimum Gasteiger partial charge on any atom is -0.269 e. The van der Waals surface area contributed by atoms with Gasteiger partial charge in [0.1, 0.15) is 0 Å². The highest BCUT2D eigenvalue weighted by Gasteiger charge is 2.23. The van der Waals surface area contributed by atoms with E-state index in [1.165, 1.54) is 24.1 Å². The molecule has 13 heavy (non-hydrogen) atoms. The third-order valence-electron chi connectivity index (χ3n) is 2.79. The maximum Gasteiger partial charge on any atom is 0.0640 e. The highest BCUT2D eigenvalue weighted by atomic mass is 35.5. The average Bonchev–Trinajstić information content (AvgIpc) is 2.83. The van der Waals surface area contributed by atoms with Gasteiger partial charge < -0.3 is 0 Å². The zero-order valence-corrected chi connectivity index (χ0v) is 8.93. The fraction of sp³-hybridized carbons (Fsp3) is 0.700. The van der Waals surface area contributed by atoms with Gasteiger partial charge in [-0.3, -0.25) is 4.68 Å². The molecule has 0 N–H and O–H groups in total. The highest BCUT2D eigenvalue weighted by Crippen LogP contribution is 2.31. The van der Waals surface area contributed by atoms with Crippen LogP contribution >= 0.6 is 11.6 Å². The van der Waals surface area contributed by atoms with Crippen LogP contribution in [-0.2, 0) is 12.4 Å². The van der Waals surface area contributed by atoms with Crippen molar-refractivity contribution in [1.29, 1.82) is 0 Å². The summed E-state index contributed by atoms with van der Waals surface area (Å²) in [5.41, 5.74) is 3.55. The van der Waals surface area contributed by atoms with Gasteiger partial charge in [-0.15, -0.1) is 11.6 Å². The molecule has 0 radical (unpaired) electrons. The number of nitrogens with zero attached hydrogens (tertiary/aromatic N) is 2. The molecular weight excluding hydrogens is 184 g/mol. The third kappa shape index (κ3) is 1.73. The molecule has 0 atom stereocenters. The predicted octanol–water partition coefficient (Wildman–Crippen LogP) is 2.65. The molecule has 72 valence electrons. The molecule has 0 bridgehead atoms. The average molecular weight is 199 g/mol. The molecule has 0 unspecified atom stereocenters. The monoisotopic (exact) mass is 198 g/mol. The largest absolute Gasteiger partial charge is 0.269 e. The number of rotatable bonds is 3. The van der Waals surface area contributed by atoms with Gasteiger partial charge in [-0.05, 0) is 32.6 Å². The Morgan fingerprint density at radius 3 is 2.62 bits per heavy atom. The first-order valence-corrected chi connectivity index (χ1v) is 5.34. The molecule has 0 saturated heterocycles. The first-order valence-electron chi connectivity index (χ1n) is 4.81. The molecule has 0 amide bonds. The number of aromatic nitrogens is 2. The molecule has 0 aromatic carbocycles. The summed E-state index contributed by atoms with van der Waals surface area (Å²) < 4.78 is 2.12. The van der Waals surface area contributed by atoms with Crippen molar-refractivity contribution in [3.05, 3.63) is 17.0 Å². The third-order valence-corrected chi connectivity index (χ3v) is 3.06. The van der Waals surface area contributed by atoms with Crippen LogP contribution < -0.4 is 0 Å². The Kier molecular flexibility index (Phi) is 2.33. The topological polar surface area (TPSA) is 17.8 Å². The summed E-state index contributed by atoms with van der Waals surface area (Å²) in [7, 11) is 0. The lowest BCUT2D eigenvalue weighted by molar-refractivity contribution is 0.546. The van der Waals surface area contributed by atoms with E-state index in [0.29, 0.717) is 5.88 Å². The lowest BCUT2D eigenvalue weighted by atomic mass is 10.2. The summed E-state index contributed by atoms with van der Waals surface area (Å²) >= 11 is 5.85. The molecular formula is C10H15ClN2. The standard InChI is InChI=1S/C10H15ClN2/c1-7-10(5-11)8(2)13(12-7)6-9-3-4-9/h9H,3-6H2,1-2H3. The zero-order chi connectivity index (χ0) is 9.42. The molecule has 1 aliphatic carbocycles. The van der Waals surface area contributed by atoms with Crippen LogP contribution in [0.1, 0.15) is 29.8 Å². The van der Waals surface area contributed by atoms with Gasteiger partial charge in [0, 0.05) is 17.8 Å². The summed E-state index contributed by atoms with van der Waals surface area (Å²) in [6, 6.07) is 0. The van der Waals surface area contributed by atoms with Crippen molar-refractivity contribution in [2.75, 3.05) is 0 Å². The number of hydrogen-bond acceptors (Lipinski definition) is 1. The van der Waals surface area contributed by atoms with E-state index in [1.807, 2.05) is 6.92 Å². The first-order chi connectivity index (χ1) is 6.22. The smallest absolute Gasteiger partial charge is 0.0640 e. The van der Waals surface area contributed by atoms with E-state index < -0.39 is 0 Å². The fourth-order valence-corrected chi connectivity index (χ4v) is 2.04. The van der Waals surface area contributed by atoms with E-state index in [4.69, 9.17) is 11.6 Å². The molecule has 1 aromatic rings. The maximum atomic E-state index is 5.85. The summed E-state index contributed by atoms with van der Waals surface area (Å²) in [5, 5.41) is 4.49. The summed E-state index contributed by atoms with van der Waals surface area (Å²) in [5.74, 6) is 1.46. The van der Waals surface area contributed by atoms with Crippen LogP contribution in [0.25, 0.3) is 0 Å². The van der Waals surface area contributed by atoms with Crippen molar-refractivity contribution in [2.24, 2.45) is 5.92 Å². The van der Waals surface area contributed by atoms with Crippen LogP contribution in [0, 0.1) is 19.8 Å². The molecule has 1 aromatic heterocycles. The van der Waals surface area contributed by atoms with Gasteiger partial charge in [0.15, 0.2) is 0 Å². The molecule has 1 aliphatic rings. The van der Waals surface area contributed by atoms with Crippen LogP contribution in [-0.4, -0.2) is 9.78 Å². The fourth-order valence-electron chi connectivity index (χ4n) is 1.65. The maximum absolute atomic E-state index is 5.85. The van der Waals surface area contributed by atoms with Crippen molar-refractivity contribution in [3.63, 3.8) is 0 Å². The Morgan fingerprint density at radius 2 is 2.15 bits per heavy atom. The van der Waals surface area contributed by atoms with E-state index in [2.05, 4.69) is 16.7 Å². The van der Waals surface area contributed by atoms with Crippen LogP contribution in [0.4, 0.5) is 0 Å².